The van der Waals surface area contributed by atoms with Crippen LogP contribution >= 0.6 is 0 Å². The van der Waals surface area contributed by atoms with E-state index in [2.05, 4.69) is 145 Å². The highest BCUT2D eigenvalue weighted by Gasteiger charge is 2.12. The van der Waals surface area contributed by atoms with Crippen LogP contribution in [0.15, 0.2) is 146 Å². The molecule has 236 valence electrons. The number of hydrogen-bond acceptors (Lipinski definition) is 2. The van der Waals surface area contributed by atoms with Gasteiger partial charge in [0.25, 0.3) is 0 Å². The molecule has 0 aliphatic heterocycles. The largest absolute Gasteiger partial charge is 0.378 e. The van der Waals surface area contributed by atoms with Crippen LogP contribution in [-0.2, 0) is 0 Å². The second kappa shape index (κ2) is 18.4. The van der Waals surface area contributed by atoms with E-state index >= 15 is 0 Å². The number of fused-ring (bicyclic) bond motifs is 2. The van der Waals surface area contributed by atoms with Gasteiger partial charge >= 0.3 is 0 Å². The quantitative estimate of drug-likeness (QED) is 0.114. The Labute approximate surface area is 276 Å². The van der Waals surface area contributed by atoms with E-state index in [1.165, 1.54) is 97.0 Å². The molecule has 0 aliphatic rings. The van der Waals surface area contributed by atoms with E-state index in [-0.39, 0.29) is 0 Å². The summed E-state index contributed by atoms with van der Waals surface area (Å²) in [5, 5.41) is 12.4. The number of nitrogens with one attached hydrogen (secondary N) is 2. The van der Waals surface area contributed by atoms with Crippen LogP contribution < -0.4 is 10.6 Å². The summed E-state index contributed by atoms with van der Waals surface area (Å²) in [5.74, 6) is 0. The van der Waals surface area contributed by atoms with Gasteiger partial charge in [0, 0.05) is 27.8 Å². The Morgan fingerprint density at radius 3 is 1.54 bits per heavy atom. The van der Waals surface area contributed by atoms with Crippen molar-refractivity contribution >= 4 is 38.6 Å². The van der Waals surface area contributed by atoms with Crippen molar-refractivity contribution < 1.29 is 0 Å². The second-order valence-electron chi connectivity index (χ2n) is 12.3. The highest BCUT2D eigenvalue weighted by molar-refractivity contribution is 5.95. The molecule has 6 rings (SSSR count). The van der Waals surface area contributed by atoms with E-state index in [9.17, 15) is 0 Å². The highest BCUT2D eigenvalue weighted by atomic mass is 14.9. The van der Waals surface area contributed by atoms with Gasteiger partial charge in [-0.2, -0.15) is 0 Å². The maximum Gasteiger partial charge on any atom is 0.0514 e. The van der Waals surface area contributed by atoms with Crippen molar-refractivity contribution in [2.75, 3.05) is 10.6 Å². The van der Waals surface area contributed by atoms with Gasteiger partial charge in [0.05, 0.1) is 6.04 Å². The van der Waals surface area contributed by atoms with Crippen LogP contribution in [-0.4, -0.2) is 0 Å². The fourth-order valence-electron chi connectivity index (χ4n) is 6.22. The first kappa shape index (κ1) is 32.8. The number of benzene rings is 6. The van der Waals surface area contributed by atoms with Gasteiger partial charge in [0.2, 0.25) is 0 Å². The molecule has 1 unspecified atom stereocenters. The fraction of sp³-hybridized carbons (Fsp3) is 0.273. The van der Waals surface area contributed by atoms with E-state index < -0.39 is 0 Å². The molecule has 46 heavy (non-hydrogen) atoms. The zero-order valence-electron chi connectivity index (χ0n) is 27.5. The Hall–Kier alpha value is -4.56. The summed E-state index contributed by atoms with van der Waals surface area (Å²) in [6.45, 7) is 2.29. The van der Waals surface area contributed by atoms with Gasteiger partial charge in [-0.1, -0.05) is 186 Å². The van der Waals surface area contributed by atoms with Gasteiger partial charge < -0.3 is 10.6 Å². The number of anilines is 3. The first-order valence-electron chi connectivity index (χ1n) is 17.4. The topological polar surface area (TPSA) is 24.1 Å². The Balaban J connectivity index is 0.000000207. The van der Waals surface area contributed by atoms with Crippen molar-refractivity contribution in [3.63, 3.8) is 0 Å². The Morgan fingerprint density at radius 2 is 0.913 bits per heavy atom. The third-order valence-corrected chi connectivity index (χ3v) is 8.76. The predicted molar refractivity (Wildman–Crippen MR) is 202 cm³/mol. The van der Waals surface area contributed by atoms with Gasteiger partial charge in [0.15, 0.2) is 0 Å². The second-order valence-corrected chi connectivity index (χ2v) is 12.3. The predicted octanol–water partition coefficient (Wildman–Crippen LogP) is 13.5. The summed E-state index contributed by atoms with van der Waals surface area (Å²) in [4.78, 5) is 0. The molecule has 2 heteroatoms. The van der Waals surface area contributed by atoms with Crippen molar-refractivity contribution in [3.8, 4) is 0 Å². The molecule has 0 aliphatic carbocycles. The monoisotopic (exact) mass is 606 g/mol. The normalized spacial score (nSPS) is 11.5. The van der Waals surface area contributed by atoms with Gasteiger partial charge in [-0.3, -0.25) is 0 Å². The molecule has 6 aromatic carbocycles. The molecule has 6 aromatic rings. The van der Waals surface area contributed by atoms with Crippen LogP contribution in [0.4, 0.5) is 17.1 Å². The maximum absolute atomic E-state index is 3.86. The SMILES string of the molecule is CCCCCCCCCCCC(Nc1cccc2ccccc12)c1ccccc1.c1ccc(Nc2cccc3ccccc23)cc1. The van der Waals surface area contributed by atoms with Gasteiger partial charge in [-0.15, -0.1) is 0 Å². The number of hydrogen-bond donors (Lipinski definition) is 2. The van der Waals surface area contributed by atoms with Crippen molar-refractivity contribution in [1.29, 1.82) is 0 Å². The molecule has 0 fully saturated rings. The van der Waals surface area contributed by atoms with Gasteiger partial charge in [0.1, 0.15) is 0 Å². The third kappa shape index (κ3) is 9.97. The minimum Gasteiger partial charge on any atom is -0.378 e. The lowest BCUT2D eigenvalue weighted by atomic mass is 9.98. The number of unbranched alkanes of at least 4 members (excludes halogenated alkanes) is 8. The average Bonchev–Trinajstić information content (AvgIpc) is 3.12. The van der Waals surface area contributed by atoms with E-state index in [1.807, 2.05) is 18.2 Å². The Bertz CT molecular complexity index is 1700. The lowest BCUT2D eigenvalue weighted by Gasteiger charge is -2.22. The van der Waals surface area contributed by atoms with E-state index in [0.29, 0.717) is 6.04 Å². The summed E-state index contributed by atoms with van der Waals surface area (Å²) in [5.41, 5.74) is 4.89. The number of rotatable bonds is 15. The minimum atomic E-state index is 0.367. The van der Waals surface area contributed by atoms with Crippen LogP contribution in [0.25, 0.3) is 21.5 Å². The molecule has 2 N–H and O–H groups in total. The lowest BCUT2D eigenvalue weighted by Crippen LogP contribution is -2.11. The van der Waals surface area contributed by atoms with Crippen LogP contribution in [0.3, 0.4) is 0 Å². The molecule has 0 saturated heterocycles. The summed E-state index contributed by atoms with van der Waals surface area (Å²) < 4.78 is 0. The van der Waals surface area contributed by atoms with Crippen molar-refractivity contribution in [3.05, 3.63) is 151 Å². The van der Waals surface area contributed by atoms with E-state index in [4.69, 9.17) is 0 Å². The average molecular weight is 607 g/mol. The number of para-hydroxylation sites is 1. The third-order valence-electron chi connectivity index (χ3n) is 8.76. The van der Waals surface area contributed by atoms with Crippen molar-refractivity contribution in [2.45, 2.75) is 77.2 Å². The Kier molecular flexibility index (Phi) is 13.1. The standard InChI is InChI=1S/C28H37N.C16H13N/c1-2-3-4-5-6-7-8-9-13-22-27(25-18-11-10-12-19-25)29-28-23-16-20-24-17-14-15-21-26(24)28;1-2-9-14(10-3-1)17-16-12-6-8-13-7-4-5-11-15(13)16/h10-12,14-21,23,27,29H,2-9,13,22H2,1H3;1-12,17H. The first-order chi connectivity index (χ1) is 22.8. The molecular weight excluding hydrogens is 556 g/mol. The molecule has 0 heterocycles. The van der Waals surface area contributed by atoms with Crippen LogP contribution in [0.1, 0.15) is 82.7 Å². The molecular formula is C44H50N2. The minimum absolute atomic E-state index is 0.367. The summed E-state index contributed by atoms with van der Waals surface area (Å²) in [7, 11) is 0. The van der Waals surface area contributed by atoms with Gasteiger partial charge in [-0.25, -0.2) is 0 Å². The fourth-order valence-corrected chi connectivity index (χ4v) is 6.22. The summed E-state index contributed by atoms with van der Waals surface area (Å²) in [6.07, 6.45) is 13.6. The first-order valence-corrected chi connectivity index (χ1v) is 17.4. The molecule has 0 amide bonds. The summed E-state index contributed by atoms with van der Waals surface area (Å²) in [6, 6.07) is 51.5. The molecule has 0 aromatic heterocycles. The van der Waals surface area contributed by atoms with Crippen molar-refractivity contribution in [1.82, 2.24) is 0 Å². The van der Waals surface area contributed by atoms with E-state index in [0.717, 1.165) is 11.4 Å². The van der Waals surface area contributed by atoms with Gasteiger partial charge in [-0.05, 0) is 47.0 Å². The molecule has 0 saturated carbocycles. The molecule has 0 spiro atoms. The smallest absolute Gasteiger partial charge is 0.0514 e. The van der Waals surface area contributed by atoms with Crippen LogP contribution in [0.2, 0.25) is 0 Å². The summed E-state index contributed by atoms with van der Waals surface area (Å²) >= 11 is 0. The van der Waals surface area contributed by atoms with Crippen molar-refractivity contribution in [2.24, 2.45) is 0 Å². The lowest BCUT2D eigenvalue weighted by molar-refractivity contribution is 0.541. The highest BCUT2D eigenvalue weighted by Crippen LogP contribution is 2.30. The zero-order valence-corrected chi connectivity index (χ0v) is 27.5. The van der Waals surface area contributed by atoms with E-state index in [1.54, 1.807) is 0 Å². The maximum atomic E-state index is 3.86. The Morgan fingerprint density at radius 1 is 0.435 bits per heavy atom. The molecule has 1 atom stereocenters. The zero-order chi connectivity index (χ0) is 31.7. The molecule has 0 radical (unpaired) electrons. The molecule has 2 nitrogen and oxygen atoms in total. The van der Waals surface area contributed by atoms with Crippen LogP contribution in [0, 0.1) is 0 Å². The molecule has 0 bridgehead atoms. The van der Waals surface area contributed by atoms with Crippen LogP contribution in [0.5, 0.6) is 0 Å².